The fourth-order valence-electron chi connectivity index (χ4n) is 0.613. The molecule has 0 saturated heterocycles. The number of ether oxygens (including phenoxy) is 1. The van der Waals surface area contributed by atoms with Crippen molar-refractivity contribution in [3.63, 3.8) is 0 Å². The van der Waals surface area contributed by atoms with Crippen LogP contribution in [0.5, 0.6) is 0 Å². The molecule has 2 nitrogen and oxygen atoms in total. The molecule has 0 fully saturated rings. The zero-order chi connectivity index (χ0) is 7.82. The van der Waals surface area contributed by atoms with Gasteiger partial charge >= 0.3 is 0 Å². The van der Waals surface area contributed by atoms with Crippen molar-refractivity contribution in [1.82, 2.24) is 0 Å². The fraction of sp³-hybridized carbons (Fsp3) is 1.00. The molecule has 0 rings (SSSR count). The van der Waals surface area contributed by atoms with Gasteiger partial charge in [0.15, 0.2) is 0 Å². The van der Waals surface area contributed by atoms with Crippen LogP contribution in [0.25, 0.3) is 0 Å². The van der Waals surface area contributed by atoms with Gasteiger partial charge in [0.2, 0.25) is 0 Å². The van der Waals surface area contributed by atoms with Crippen molar-refractivity contribution in [2.24, 2.45) is 0 Å². The molecule has 0 bridgehead atoms. The summed E-state index contributed by atoms with van der Waals surface area (Å²) in [6.45, 7) is 7.72. The smallest absolute Gasteiger partial charge is 0.261 e. The predicted molar refractivity (Wildman–Crippen MR) is 43.1 cm³/mol. The molecule has 0 amide bonds. The van der Waals surface area contributed by atoms with Crippen LogP contribution in [0, 0.1) is 0 Å². The molecule has 0 N–H and O–H groups in total. The van der Waals surface area contributed by atoms with E-state index in [2.05, 4.69) is 6.92 Å². The van der Waals surface area contributed by atoms with Gasteiger partial charge in [-0.2, -0.15) is 0 Å². The van der Waals surface area contributed by atoms with E-state index in [9.17, 15) is 0 Å². The summed E-state index contributed by atoms with van der Waals surface area (Å²) < 4.78 is 10.6. The van der Waals surface area contributed by atoms with Crippen LogP contribution in [-0.4, -0.2) is 28.7 Å². The maximum Gasteiger partial charge on any atom is 0.261 e. The van der Waals surface area contributed by atoms with Gasteiger partial charge in [-0.25, -0.2) is 0 Å². The van der Waals surface area contributed by atoms with E-state index in [-0.39, 0.29) is 0 Å². The molecule has 0 aliphatic rings. The van der Waals surface area contributed by atoms with Crippen molar-refractivity contribution in [2.45, 2.75) is 32.9 Å². The van der Waals surface area contributed by atoms with E-state index in [4.69, 9.17) is 9.16 Å². The van der Waals surface area contributed by atoms with Crippen molar-refractivity contribution in [1.29, 1.82) is 0 Å². The third-order valence-electron chi connectivity index (χ3n) is 1.10. The van der Waals surface area contributed by atoms with E-state index >= 15 is 0 Å². The zero-order valence-corrected chi connectivity index (χ0v) is 8.02. The van der Waals surface area contributed by atoms with Gasteiger partial charge in [0.1, 0.15) is 0 Å². The Kier molecular flexibility index (Phi) is 7.35. The first-order valence-electron chi connectivity index (χ1n) is 3.84. The summed E-state index contributed by atoms with van der Waals surface area (Å²) in [7, 11) is 0.508. The van der Waals surface area contributed by atoms with Crippen LogP contribution >= 0.6 is 0 Å². The monoisotopic (exact) mass is 160 g/mol. The quantitative estimate of drug-likeness (QED) is 0.547. The van der Waals surface area contributed by atoms with Crippen LogP contribution in [0.3, 0.4) is 0 Å². The Labute approximate surface area is 65.9 Å². The molecule has 0 aliphatic heterocycles. The van der Waals surface area contributed by atoms with Gasteiger partial charge in [0, 0.05) is 13.2 Å². The minimum Gasteiger partial charge on any atom is -0.415 e. The van der Waals surface area contributed by atoms with Crippen LogP contribution < -0.4 is 0 Å². The maximum absolute atomic E-state index is 5.38. The summed E-state index contributed by atoms with van der Waals surface area (Å²) in [5, 5.41) is 0. The Morgan fingerprint density at radius 2 is 1.90 bits per heavy atom. The highest BCUT2D eigenvalue weighted by Crippen LogP contribution is 1.95. The lowest BCUT2D eigenvalue weighted by Crippen LogP contribution is -2.22. The van der Waals surface area contributed by atoms with Crippen LogP contribution in [0.4, 0.5) is 0 Å². The highest BCUT2D eigenvalue weighted by atomic mass is 28.2. The van der Waals surface area contributed by atoms with E-state index in [1.807, 2.05) is 13.8 Å². The van der Waals surface area contributed by atoms with Crippen molar-refractivity contribution in [3.05, 3.63) is 0 Å². The van der Waals surface area contributed by atoms with E-state index in [1.165, 1.54) is 0 Å². The van der Waals surface area contributed by atoms with Crippen LogP contribution in [-0.2, 0) is 9.16 Å². The highest BCUT2D eigenvalue weighted by Gasteiger charge is 2.06. The third kappa shape index (κ3) is 4.96. The fourth-order valence-corrected chi connectivity index (χ4v) is 1.37. The summed E-state index contributed by atoms with van der Waals surface area (Å²) in [4.78, 5) is 0. The topological polar surface area (TPSA) is 18.5 Å². The Morgan fingerprint density at radius 1 is 1.20 bits per heavy atom. The molecule has 0 aromatic rings. The van der Waals surface area contributed by atoms with Gasteiger partial charge in [0.25, 0.3) is 9.76 Å². The van der Waals surface area contributed by atoms with Crippen LogP contribution in [0.15, 0.2) is 0 Å². The first-order valence-corrected chi connectivity index (χ1v) is 4.82. The largest absolute Gasteiger partial charge is 0.415 e. The third-order valence-corrected chi connectivity index (χ3v) is 2.39. The molecule has 3 heteroatoms. The van der Waals surface area contributed by atoms with Crippen LogP contribution in [0.1, 0.15) is 27.2 Å². The van der Waals surface area contributed by atoms with E-state index in [1.54, 1.807) is 0 Å². The molecule has 2 radical (unpaired) electrons. The standard InChI is InChI=1S/C7H16O2Si/c1-4-7(8-5-2)10-9-6-3/h7H,4-6H2,1-3H3. The zero-order valence-electron chi connectivity index (χ0n) is 7.02. The van der Waals surface area contributed by atoms with Crippen LogP contribution in [0.2, 0.25) is 0 Å². The summed E-state index contributed by atoms with van der Waals surface area (Å²) in [6, 6.07) is 0. The summed E-state index contributed by atoms with van der Waals surface area (Å²) in [6.07, 6.45) is 1.05. The van der Waals surface area contributed by atoms with Gasteiger partial charge in [-0.15, -0.1) is 0 Å². The Morgan fingerprint density at radius 3 is 2.30 bits per heavy atom. The first kappa shape index (κ1) is 10.1. The van der Waals surface area contributed by atoms with E-state index in [0.717, 1.165) is 19.6 Å². The second-order valence-corrected chi connectivity index (χ2v) is 3.07. The van der Waals surface area contributed by atoms with E-state index in [0.29, 0.717) is 15.5 Å². The summed E-state index contributed by atoms with van der Waals surface area (Å²) >= 11 is 0. The summed E-state index contributed by atoms with van der Waals surface area (Å²) in [5.41, 5.74) is 0.324. The Balaban J connectivity index is 3.21. The average molecular weight is 160 g/mol. The molecule has 60 valence electrons. The molecule has 0 aromatic carbocycles. The number of hydrogen-bond acceptors (Lipinski definition) is 2. The first-order chi connectivity index (χ1) is 4.85. The van der Waals surface area contributed by atoms with Crippen molar-refractivity contribution >= 4 is 9.76 Å². The predicted octanol–water partition coefficient (Wildman–Crippen LogP) is 1.41. The minimum atomic E-state index is 0.324. The van der Waals surface area contributed by atoms with Crippen molar-refractivity contribution in [2.75, 3.05) is 13.2 Å². The maximum atomic E-state index is 5.38. The van der Waals surface area contributed by atoms with Gasteiger partial charge in [-0.1, -0.05) is 6.92 Å². The SMILES string of the molecule is CCO[Si]C(CC)OCC. The molecule has 1 atom stereocenters. The molecule has 0 saturated carbocycles. The van der Waals surface area contributed by atoms with Crippen molar-refractivity contribution in [3.8, 4) is 0 Å². The highest BCUT2D eigenvalue weighted by molar-refractivity contribution is 6.29. The molecular weight excluding hydrogens is 144 g/mol. The second-order valence-electron chi connectivity index (χ2n) is 1.90. The van der Waals surface area contributed by atoms with Gasteiger partial charge in [-0.05, 0) is 20.3 Å². The molecule has 1 unspecified atom stereocenters. The Bertz CT molecular complexity index is 68.6. The molecule has 0 heterocycles. The van der Waals surface area contributed by atoms with E-state index < -0.39 is 0 Å². The van der Waals surface area contributed by atoms with Crippen molar-refractivity contribution < 1.29 is 9.16 Å². The molecule has 0 aliphatic carbocycles. The van der Waals surface area contributed by atoms with Gasteiger partial charge < -0.3 is 9.16 Å². The van der Waals surface area contributed by atoms with Gasteiger partial charge in [-0.3, -0.25) is 0 Å². The lowest BCUT2D eigenvalue weighted by molar-refractivity contribution is 0.102. The number of hydrogen-bond donors (Lipinski definition) is 0. The molecular formula is C7H16O2Si. The normalized spacial score (nSPS) is 13.5. The lowest BCUT2D eigenvalue weighted by Gasteiger charge is -2.11. The Hall–Kier alpha value is 0.137. The summed E-state index contributed by atoms with van der Waals surface area (Å²) in [5.74, 6) is 0. The number of rotatable bonds is 6. The lowest BCUT2D eigenvalue weighted by atomic mass is 10.5. The molecule has 10 heavy (non-hydrogen) atoms. The second kappa shape index (κ2) is 7.25. The molecule has 0 aromatic heterocycles. The average Bonchev–Trinajstić information content (AvgIpc) is 1.98. The van der Waals surface area contributed by atoms with Gasteiger partial charge in [0.05, 0.1) is 5.73 Å². The molecule has 0 spiro atoms. The minimum absolute atomic E-state index is 0.324.